The highest BCUT2D eigenvalue weighted by atomic mass is 16.5. The second-order valence-corrected chi connectivity index (χ2v) is 6.35. The van der Waals surface area contributed by atoms with E-state index >= 15 is 0 Å². The Kier molecular flexibility index (Phi) is 1.87. The Hall–Kier alpha value is -0.370. The summed E-state index contributed by atoms with van der Waals surface area (Å²) in [6.45, 7) is 5.36. The highest BCUT2D eigenvalue weighted by molar-refractivity contribution is 5.86. The van der Waals surface area contributed by atoms with Crippen molar-refractivity contribution in [3.63, 3.8) is 0 Å². The third-order valence-corrected chi connectivity index (χ3v) is 4.98. The molecule has 2 saturated carbocycles. The first-order valence-corrected chi connectivity index (χ1v) is 6.19. The van der Waals surface area contributed by atoms with Crippen LogP contribution in [0, 0.1) is 16.7 Å². The predicted molar refractivity (Wildman–Crippen MR) is 57.5 cm³/mol. The molecule has 3 fully saturated rings. The normalized spacial score (nSPS) is 47.7. The van der Waals surface area contributed by atoms with E-state index in [0.29, 0.717) is 29.8 Å². The lowest BCUT2D eigenvalue weighted by Gasteiger charge is -2.50. The van der Waals surface area contributed by atoms with Gasteiger partial charge in [0.15, 0.2) is 0 Å². The van der Waals surface area contributed by atoms with Crippen molar-refractivity contribution in [1.29, 1.82) is 0 Å². The SMILES string of the molecule is CC1(C)C[C@H]2C[C@@]3(CO2)C(=O)CCC[C@H]13. The summed E-state index contributed by atoms with van der Waals surface area (Å²) in [4.78, 5) is 12.2. The molecule has 2 heteroatoms. The van der Waals surface area contributed by atoms with Gasteiger partial charge >= 0.3 is 0 Å². The average Bonchev–Trinajstić information content (AvgIpc) is 2.50. The Morgan fingerprint density at radius 2 is 2.13 bits per heavy atom. The van der Waals surface area contributed by atoms with Crippen LogP contribution in [0.2, 0.25) is 0 Å². The smallest absolute Gasteiger partial charge is 0.141 e. The highest BCUT2D eigenvalue weighted by Gasteiger charge is 2.60. The minimum Gasteiger partial charge on any atom is -0.377 e. The van der Waals surface area contributed by atoms with Crippen LogP contribution in [0.1, 0.15) is 46.0 Å². The van der Waals surface area contributed by atoms with E-state index in [1.165, 1.54) is 6.42 Å². The molecule has 2 nitrogen and oxygen atoms in total. The summed E-state index contributed by atoms with van der Waals surface area (Å²) in [5, 5.41) is 0. The summed E-state index contributed by atoms with van der Waals surface area (Å²) < 4.78 is 5.82. The minimum absolute atomic E-state index is 0.0787. The molecule has 15 heavy (non-hydrogen) atoms. The van der Waals surface area contributed by atoms with Crippen LogP contribution in [0.15, 0.2) is 0 Å². The molecule has 2 bridgehead atoms. The van der Waals surface area contributed by atoms with E-state index in [-0.39, 0.29) is 5.41 Å². The van der Waals surface area contributed by atoms with E-state index in [1.807, 2.05) is 0 Å². The van der Waals surface area contributed by atoms with Crippen molar-refractivity contribution in [3.05, 3.63) is 0 Å². The van der Waals surface area contributed by atoms with Crippen LogP contribution in [0.25, 0.3) is 0 Å². The largest absolute Gasteiger partial charge is 0.377 e. The zero-order chi connectivity index (χ0) is 10.7. The quantitative estimate of drug-likeness (QED) is 0.611. The van der Waals surface area contributed by atoms with E-state index in [9.17, 15) is 4.79 Å². The van der Waals surface area contributed by atoms with Crippen molar-refractivity contribution in [1.82, 2.24) is 0 Å². The molecule has 0 aromatic heterocycles. The molecule has 0 amide bonds. The number of Topliss-reactive ketones (excluding diaryl/α,β-unsaturated/α-hetero) is 1. The first kappa shape index (κ1) is 9.83. The van der Waals surface area contributed by atoms with Gasteiger partial charge in [0.1, 0.15) is 5.78 Å². The average molecular weight is 208 g/mol. The summed E-state index contributed by atoms with van der Waals surface area (Å²) in [5.74, 6) is 1.07. The zero-order valence-corrected chi connectivity index (χ0v) is 9.71. The summed E-state index contributed by atoms with van der Waals surface area (Å²) in [7, 11) is 0. The van der Waals surface area contributed by atoms with Gasteiger partial charge < -0.3 is 4.74 Å². The van der Waals surface area contributed by atoms with Gasteiger partial charge in [0, 0.05) is 6.42 Å². The maximum atomic E-state index is 12.2. The Balaban J connectivity index is 2.04. The van der Waals surface area contributed by atoms with E-state index < -0.39 is 0 Å². The van der Waals surface area contributed by atoms with Crippen LogP contribution in [0.5, 0.6) is 0 Å². The molecule has 0 N–H and O–H groups in total. The van der Waals surface area contributed by atoms with Gasteiger partial charge in [-0.25, -0.2) is 0 Å². The summed E-state index contributed by atoms with van der Waals surface area (Å²) in [6, 6.07) is 0. The highest BCUT2D eigenvalue weighted by Crippen LogP contribution is 2.60. The molecule has 3 rings (SSSR count). The summed E-state index contributed by atoms with van der Waals surface area (Å²) in [6.07, 6.45) is 5.64. The van der Waals surface area contributed by atoms with Crippen molar-refractivity contribution < 1.29 is 9.53 Å². The van der Waals surface area contributed by atoms with Gasteiger partial charge in [-0.05, 0) is 37.0 Å². The first-order chi connectivity index (χ1) is 7.05. The van der Waals surface area contributed by atoms with Crippen LogP contribution < -0.4 is 0 Å². The molecule has 84 valence electrons. The molecule has 1 heterocycles. The Labute approximate surface area is 91.4 Å². The zero-order valence-electron chi connectivity index (χ0n) is 9.71. The second kappa shape index (κ2) is 2.85. The van der Waals surface area contributed by atoms with E-state index in [1.54, 1.807) is 0 Å². The number of ether oxygens (including phenoxy) is 1. The van der Waals surface area contributed by atoms with E-state index in [4.69, 9.17) is 4.74 Å². The Bertz CT molecular complexity index is 308. The molecule has 3 atom stereocenters. The molecule has 3 aliphatic rings. The number of hydrogen-bond donors (Lipinski definition) is 0. The molecule has 0 radical (unpaired) electrons. The van der Waals surface area contributed by atoms with Crippen molar-refractivity contribution in [2.75, 3.05) is 6.61 Å². The number of rotatable bonds is 0. The molecule has 0 aromatic carbocycles. The maximum absolute atomic E-state index is 12.2. The molecular formula is C13H20O2. The predicted octanol–water partition coefficient (Wildman–Crippen LogP) is 2.56. The topological polar surface area (TPSA) is 26.3 Å². The molecule has 1 saturated heterocycles. The maximum Gasteiger partial charge on any atom is 0.141 e. The van der Waals surface area contributed by atoms with Crippen LogP contribution in [0.3, 0.4) is 0 Å². The van der Waals surface area contributed by atoms with Crippen molar-refractivity contribution >= 4 is 5.78 Å². The van der Waals surface area contributed by atoms with Crippen LogP contribution in [-0.2, 0) is 9.53 Å². The lowest BCUT2D eigenvalue weighted by atomic mass is 9.51. The Morgan fingerprint density at radius 3 is 2.93 bits per heavy atom. The fourth-order valence-corrected chi connectivity index (χ4v) is 4.41. The minimum atomic E-state index is -0.0787. The van der Waals surface area contributed by atoms with Gasteiger partial charge in [-0.3, -0.25) is 4.79 Å². The number of ketones is 1. The first-order valence-electron chi connectivity index (χ1n) is 6.19. The van der Waals surface area contributed by atoms with Crippen LogP contribution in [-0.4, -0.2) is 18.5 Å². The fourth-order valence-electron chi connectivity index (χ4n) is 4.41. The molecule has 0 unspecified atom stereocenters. The fraction of sp³-hybridized carbons (Fsp3) is 0.923. The molecule has 1 aliphatic heterocycles. The standard InChI is InChI=1S/C13H20O2/c1-12(2)6-9-7-13(8-15-9)10(12)4-3-5-11(13)14/h9-10H,3-8H2,1-2H3/t9-,10+,13-/m0/s1. The van der Waals surface area contributed by atoms with Gasteiger partial charge in [-0.15, -0.1) is 0 Å². The summed E-state index contributed by atoms with van der Waals surface area (Å²) in [5.41, 5.74) is 0.222. The number of hydrogen-bond acceptors (Lipinski definition) is 2. The Morgan fingerprint density at radius 1 is 1.33 bits per heavy atom. The lowest BCUT2D eigenvalue weighted by Crippen LogP contribution is -2.51. The van der Waals surface area contributed by atoms with E-state index in [2.05, 4.69) is 13.8 Å². The van der Waals surface area contributed by atoms with Gasteiger partial charge in [0.2, 0.25) is 0 Å². The van der Waals surface area contributed by atoms with Crippen molar-refractivity contribution in [2.45, 2.75) is 52.1 Å². The van der Waals surface area contributed by atoms with Gasteiger partial charge in [0.25, 0.3) is 0 Å². The van der Waals surface area contributed by atoms with E-state index in [0.717, 1.165) is 25.7 Å². The van der Waals surface area contributed by atoms with Crippen LogP contribution >= 0.6 is 0 Å². The van der Waals surface area contributed by atoms with Crippen molar-refractivity contribution in [2.24, 2.45) is 16.7 Å². The summed E-state index contributed by atoms with van der Waals surface area (Å²) >= 11 is 0. The number of carbonyl (C=O) groups is 1. The monoisotopic (exact) mass is 208 g/mol. The molecule has 1 spiro atoms. The third-order valence-electron chi connectivity index (χ3n) is 4.98. The third kappa shape index (κ3) is 1.17. The molecular weight excluding hydrogens is 188 g/mol. The number of carbonyl (C=O) groups excluding carboxylic acids is 1. The molecule has 0 aromatic rings. The number of fused-ring (bicyclic) bond motifs is 1. The van der Waals surface area contributed by atoms with Gasteiger partial charge in [-0.2, -0.15) is 0 Å². The molecule has 2 aliphatic carbocycles. The van der Waals surface area contributed by atoms with Gasteiger partial charge in [-0.1, -0.05) is 13.8 Å². The van der Waals surface area contributed by atoms with Crippen LogP contribution in [0.4, 0.5) is 0 Å². The lowest BCUT2D eigenvalue weighted by molar-refractivity contribution is -0.141. The van der Waals surface area contributed by atoms with Crippen molar-refractivity contribution in [3.8, 4) is 0 Å². The van der Waals surface area contributed by atoms with Gasteiger partial charge in [0.05, 0.1) is 18.1 Å². The second-order valence-electron chi connectivity index (χ2n) is 6.35.